The summed E-state index contributed by atoms with van der Waals surface area (Å²) in [5, 5.41) is 5.23. The lowest BCUT2D eigenvalue weighted by Gasteiger charge is -2.16. The zero-order valence-electron chi connectivity index (χ0n) is 17.2. The number of nitrogens with one attached hydrogen (secondary N) is 2. The van der Waals surface area contributed by atoms with Gasteiger partial charge in [-0.2, -0.15) is 0 Å². The summed E-state index contributed by atoms with van der Waals surface area (Å²) < 4.78 is 14.7. The third-order valence-electron chi connectivity index (χ3n) is 4.68. The highest BCUT2D eigenvalue weighted by Gasteiger charge is 2.48. The highest BCUT2D eigenvalue weighted by molar-refractivity contribution is 5.90. The quantitative estimate of drug-likeness (QED) is 0.317. The van der Waals surface area contributed by atoms with Crippen molar-refractivity contribution in [3.63, 3.8) is 0 Å². The summed E-state index contributed by atoms with van der Waals surface area (Å²) in [6, 6.07) is 8.27. The Morgan fingerprint density at radius 3 is 2.50 bits per heavy atom. The smallest absolute Gasteiger partial charge is 0.408 e. The minimum atomic E-state index is -0.886. The second-order valence-electron chi connectivity index (χ2n) is 6.92. The largest absolute Gasteiger partial charge is 0.467 e. The predicted octanol–water partition coefficient (Wildman–Crippen LogP) is 1.55. The highest BCUT2D eigenvalue weighted by Crippen LogP contribution is 2.39. The number of carbonyl (C=O) groups excluding carboxylic acids is 4. The number of carbonyl (C=O) groups is 4. The van der Waals surface area contributed by atoms with Crippen LogP contribution in [0.25, 0.3) is 0 Å². The Morgan fingerprint density at radius 2 is 1.83 bits per heavy atom. The van der Waals surface area contributed by atoms with Gasteiger partial charge in [0.25, 0.3) is 0 Å². The van der Waals surface area contributed by atoms with Gasteiger partial charge in [-0.05, 0) is 31.7 Å². The topological polar surface area (TPSA) is 120 Å². The fourth-order valence-electron chi connectivity index (χ4n) is 2.94. The molecule has 0 radical (unpaired) electrons. The van der Waals surface area contributed by atoms with Crippen LogP contribution in [0.1, 0.15) is 31.7 Å². The Morgan fingerprint density at radius 1 is 1.10 bits per heavy atom. The van der Waals surface area contributed by atoms with Crippen molar-refractivity contribution in [3.05, 3.63) is 35.9 Å². The Labute approximate surface area is 175 Å². The molecule has 1 aliphatic carbocycles. The van der Waals surface area contributed by atoms with E-state index in [0.29, 0.717) is 26.0 Å². The molecular weight excluding hydrogens is 392 g/mol. The lowest BCUT2D eigenvalue weighted by Crippen LogP contribution is -2.42. The number of methoxy groups -OCH3 is 1. The molecule has 0 spiro atoms. The molecule has 0 saturated heterocycles. The number of alkyl carbamates (subject to hydrolysis) is 1. The van der Waals surface area contributed by atoms with Crippen LogP contribution in [0.4, 0.5) is 4.79 Å². The summed E-state index contributed by atoms with van der Waals surface area (Å²) in [4.78, 5) is 47.5. The van der Waals surface area contributed by atoms with Gasteiger partial charge in [0, 0.05) is 6.54 Å². The van der Waals surface area contributed by atoms with Crippen LogP contribution in [0.3, 0.4) is 0 Å². The van der Waals surface area contributed by atoms with Gasteiger partial charge in [-0.1, -0.05) is 30.3 Å². The van der Waals surface area contributed by atoms with E-state index >= 15 is 0 Å². The van der Waals surface area contributed by atoms with Crippen LogP contribution in [-0.4, -0.2) is 50.2 Å². The zero-order valence-corrected chi connectivity index (χ0v) is 17.2. The van der Waals surface area contributed by atoms with Crippen molar-refractivity contribution in [2.45, 2.75) is 38.8 Å². The fourth-order valence-corrected chi connectivity index (χ4v) is 2.94. The monoisotopic (exact) mass is 420 g/mol. The van der Waals surface area contributed by atoms with E-state index in [1.165, 1.54) is 7.11 Å². The molecule has 0 heterocycles. The van der Waals surface area contributed by atoms with Crippen LogP contribution in [-0.2, 0) is 35.2 Å². The number of hydrogen-bond donors (Lipinski definition) is 2. The maximum atomic E-state index is 12.1. The predicted molar refractivity (Wildman–Crippen MR) is 106 cm³/mol. The Balaban J connectivity index is 1.69. The lowest BCUT2D eigenvalue weighted by atomic mass is 10.1. The molecule has 1 saturated carbocycles. The maximum Gasteiger partial charge on any atom is 0.408 e. The first-order valence-electron chi connectivity index (χ1n) is 9.95. The molecule has 1 aromatic rings. The summed E-state index contributed by atoms with van der Waals surface area (Å²) in [5.74, 6) is -1.87. The first-order valence-corrected chi connectivity index (χ1v) is 9.95. The van der Waals surface area contributed by atoms with Crippen molar-refractivity contribution >= 4 is 23.9 Å². The molecule has 2 rings (SSSR count). The zero-order chi connectivity index (χ0) is 21.9. The van der Waals surface area contributed by atoms with Crippen LogP contribution in [0.2, 0.25) is 0 Å². The third kappa shape index (κ3) is 7.38. The molecule has 0 aliphatic heterocycles. The SMILES string of the molecule is CCOC(=O)C1CC1C(=O)NCCC[C@H](NC(=O)OCc1ccccc1)C(=O)OC. The Hall–Kier alpha value is -3.10. The highest BCUT2D eigenvalue weighted by atomic mass is 16.6. The van der Waals surface area contributed by atoms with Gasteiger partial charge in [0.15, 0.2) is 0 Å². The van der Waals surface area contributed by atoms with E-state index in [1.807, 2.05) is 30.3 Å². The average Bonchev–Trinajstić information content (AvgIpc) is 3.56. The van der Waals surface area contributed by atoms with E-state index in [2.05, 4.69) is 10.6 Å². The number of ether oxygens (including phenoxy) is 3. The molecule has 0 aromatic heterocycles. The number of esters is 2. The molecular formula is C21H28N2O7. The van der Waals surface area contributed by atoms with Gasteiger partial charge in [0.1, 0.15) is 12.6 Å². The van der Waals surface area contributed by atoms with Crippen LogP contribution in [0.5, 0.6) is 0 Å². The van der Waals surface area contributed by atoms with Crippen LogP contribution >= 0.6 is 0 Å². The second kappa shape index (κ2) is 11.8. The number of amides is 2. The molecule has 1 aliphatic rings. The second-order valence-corrected chi connectivity index (χ2v) is 6.92. The third-order valence-corrected chi connectivity index (χ3v) is 4.68. The Bertz CT molecular complexity index is 738. The van der Waals surface area contributed by atoms with E-state index in [-0.39, 0.29) is 36.7 Å². The van der Waals surface area contributed by atoms with E-state index in [4.69, 9.17) is 14.2 Å². The summed E-state index contributed by atoms with van der Waals surface area (Å²) in [6.45, 7) is 2.40. The minimum Gasteiger partial charge on any atom is -0.467 e. The molecule has 0 bridgehead atoms. The summed E-state index contributed by atoms with van der Waals surface area (Å²) in [7, 11) is 1.23. The molecule has 9 nitrogen and oxygen atoms in total. The van der Waals surface area contributed by atoms with Crippen molar-refractivity contribution in [3.8, 4) is 0 Å². The van der Waals surface area contributed by atoms with E-state index < -0.39 is 18.1 Å². The van der Waals surface area contributed by atoms with Gasteiger partial charge in [-0.25, -0.2) is 9.59 Å². The number of rotatable bonds is 11. The van der Waals surface area contributed by atoms with Crippen LogP contribution in [0, 0.1) is 11.8 Å². The van der Waals surface area contributed by atoms with E-state index in [1.54, 1.807) is 6.92 Å². The molecule has 3 atom stereocenters. The molecule has 9 heteroatoms. The first-order chi connectivity index (χ1) is 14.5. The van der Waals surface area contributed by atoms with Crippen molar-refractivity contribution in [2.75, 3.05) is 20.3 Å². The standard InChI is InChI=1S/C21H28N2O7/c1-3-29-19(25)16-12-15(16)18(24)22-11-7-10-17(20(26)28-2)23-21(27)30-13-14-8-5-4-6-9-14/h4-6,8-9,15-17H,3,7,10-13H2,1-2H3,(H,22,24)(H,23,27)/t15?,16?,17-/m0/s1. The maximum absolute atomic E-state index is 12.1. The van der Waals surface area contributed by atoms with Gasteiger partial charge in [0.05, 0.1) is 25.6 Å². The van der Waals surface area contributed by atoms with Crippen molar-refractivity contribution in [1.82, 2.24) is 10.6 Å². The van der Waals surface area contributed by atoms with E-state index in [0.717, 1.165) is 5.56 Å². The average molecular weight is 420 g/mol. The van der Waals surface area contributed by atoms with E-state index in [9.17, 15) is 19.2 Å². The number of hydrogen-bond acceptors (Lipinski definition) is 7. The van der Waals surface area contributed by atoms with Gasteiger partial charge in [-0.3, -0.25) is 9.59 Å². The molecule has 2 unspecified atom stereocenters. The normalized spacial score (nSPS) is 17.9. The molecule has 30 heavy (non-hydrogen) atoms. The van der Waals surface area contributed by atoms with Gasteiger partial charge in [-0.15, -0.1) is 0 Å². The van der Waals surface area contributed by atoms with Crippen molar-refractivity contribution in [2.24, 2.45) is 11.8 Å². The van der Waals surface area contributed by atoms with Crippen LogP contribution in [0.15, 0.2) is 30.3 Å². The molecule has 2 amide bonds. The summed E-state index contributed by atoms with van der Waals surface area (Å²) in [5.41, 5.74) is 0.825. The lowest BCUT2D eigenvalue weighted by molar-refractivity contribution is -0.146. The first kappa shape index (κ1) is 23.2. The van der Waals surface area contributed by atoms with Gasteiger partial charge >= 0.3 is 18.0 Å². The summed E-state index contributed by atoms with van der Waals surface area (Å²) in [6.07, 6.45) is 0.457. The van der Waals surface area contributed by atoms with Gasteiger partial charge in [0.2, 0.25) is 5.91 Å². The number of benzene rings is 1. The molecule has 164 valence electrons. The van der Waals surface area contributed by atoms with Crippen LogP contribution < -0.4 is 10.6 Å². The minimum absolute atomic E-state index is 0.0830. The molecule has 1 fully saturated rings. The molecule has 2 N–H and O–H groups in total. The fraction of sp³-hybridized carbons (Fsp3) is 0.524. The van der Waals surface area contributed by atoms with Crippen molar-refractivity contribution < 1.29 is 33.4 Å². The van der Waals surface area contributed by atoms with Crippen molar-refractivity contribution in [1.29, 1.82) is 0 Å². The summed E-state index contributed by atoms with van der Waals surface area (Å²) >= 11 is 0. The van der Waals surface area contributed by atoms with Gasteiger partial charge < -0.3 is 24.8 Å². The molecule has 1 aromatic carbocycles. The Kier molecular flexibility index (Phi) is 9.11.